The van der Waals surface area contributed by atoms with Gasteiger partial charge in [-0.15, -0.1) is 0 Å². The van der Waals surface area contributed by atoms with E-state index in [0.717, 1.165) is 58.4 Å². The summed E-state index contributed by atoms with van der Waals surface area (Å²) >= 11 is 0. The SMILES string of the molecule is CC(C)(O)CCc1ccc(CN2CCN([C@@H]3CCCC[C@H]3O)CC2)cc1. The third-order valence-electron chi connectivity index (χ3n) is 6.02. The zero-order valence-electron chi connectivity index (χ0n) is 16.5. The topological polar surface area (TPSA) is 46.9 Å². The molecule has 4 nitrogen and oxygen atoms in total. The minimum absolute atomic E-state index is 0.119. The number of benzene rings is 1. The van der Waals surface area contributed by atoms with Crippen LogP contribution in [0, 0.1) is 0 Å². The molecule has 0 amide bonds. The van der Waals surface area contributed by atoms with E-state index in [1.54, 1.807) is 0 Å². The lowest BCUT2D eigenvalue weighted by Gasteiger charge is -2.42. The quantitative estimate of drug-likeness (QED) is 0.819. The van der Waals surface area contributed by atoms with Gasteiger partial charge in [0.15, 0.2) is 0 Å². The summed E-state index contributed by atoms with van der Waals surface area (Å²) in [4.78, 5) is 5.04. The first-order valence-corrected chi connectivity index (χ1v) is 10.4. The van der Waals surface area contributed by atoms with Gasteiger partial charge in [0.1, 0.15) is 0 Å². The summed E-state index contributed by atoms with van der Waals surface area (Å²) in [6.07, 6.45) is 6.18. The van der Waals surface area contributed by atoms with E-state index in [1.165, 1.54) is 24.0 Å². The Bertz CT molecular complexity index is 544. The summed E-state index contributed by atoms with van der Waals surface area (Å²) in [5, 5.41) is 20.1. The van der Waals surface area contributed by atoms with Crippen molar-refractivity contribution in [2.75, 3.05) is 26.2 Å². The number of rotatable bonds is 6. The predicted molar refractivity (Wildman–Crippen MR) is 106 cm³/mol. The molecule has 3 rings (SSSR count). The Balaban J connectivity index is 1.44. The molecule has 26 heavy (non-hydrogen) atoms. The highest BCUT2D eigenvalue weighted by atomic mass is 16.3. The molecular weight excluding hydrogens is 324 g/mol. The van der Waals surface area contributed by atoms with Crippen LogP contribution in [-0.4, -0.2) is 63.9 Å². The number of piperazine rings is 1. The molecule has 1 aliphatic heterocycles. The third-order valence-corrected chi connectivity index (χ3v) is 6.02. The van der Waals surface area contributed by atoms with Crippen LogP contribution in [0.1, 0.15) is 57.1 Å². The number of aryl methyl sites for hydroxylation is 1. The van der Waals surface area contributed by atoms with Gasteiger partial charge in [-0.25, -0.2) is 0 Å². The monoisotopic (exact) mass is 360 g/mol. The minimum atomic E-state index is -0.593. The summed E-state index contributed by atoms with van der Waals surface area (Å²) in [6.45, 7) is 9.07. The molecule has 0 radical (unpaired) electrons. The van der Waals surface area contributed by atoms with E-state index >= 15 is 0 Å². The third kappa shape index (κ3) is 5.78. The minimum Gasteiger partial charge on any atom is -0.391 e. The molecular formula is C22H36N2O2. The molecule has 0 aromatic heterocycles. The average Bonchev–Trinajstić information content (AvgIpc) is 2.62. The maximum atomic E-state index is 10.3. The molecule has 1 aromatic carbocycles. The van der Waals surface area contributed by atoms with Crippen molar-refractivity contribution in [3.05, 3.63) is 35.4 Å². The van der Waals surface area contributed by atoms with Gasteiger partial charge in [0.2, 0.25) is 0 Å². The van der Waals surface area contributed by atoms with Crippen LogP contribution in [-0.2, 0) is 13.0 Å². The number of nitrogens with zero attached hydrogens (tertiary/aromatic N) is 2. The van der Waals surface area contributed by atoms with E-state index in [-0.39, 0.29) is 6.10 Å². The van der Waals surface area contributed by atoms with E-state index in [2.05, 4.69) is 34.1 Å². The largest absolute Gasteiger partial charge is 0.391 e. The molecule has 2 aliphatic rings. The van der Waals surface area contributed by atoms with Crippen molar-refractivity contribution in [3.63, 3.8) is 0 Å². The van der Waals surface area contributed by atoms with Gasteiger partial charge >= 0.3 is 0 Å². The van der Waals surface area contributed by atoms with Crippen molar-refractivity contribution in [1.29, 1.82) is 0 Å². The highest BCUT2D eigenvalue weighted by Crippen LogP contribution is 2.24. The van der Waals surface area contributed by atoms with E-state index in [9.17, 15) is 10.2 Å². The molecule has 1 aliphatic carbocycles. The lowest BCUT2D eigenvalue weighted by atomic mass is 9.91. The van der Waals surface area contributed by atoms with Gasteiger partial charge in [0.25, 0.3) is 0 Å². The number of aliphatic hydroxyl groups excluding tert-OH is 1. The molecule has 1 heterocycles. The highest BCUT2D eigenvalue weighted by Gasteiger charge is 2.30. The molecule has 4 heteroatoms. The smallest absolute Gasteiger partial charge is 0.0695 e. The lowest BCUT2D eigenvalue weighted by Crippen LogP contribution is -2.54. The van der Waals surface area contributed by atoms with Gasteiger partial charge in [0, 0.05) is 38.8 Å². The van der Waals surface area contributed by atoms with Gasteiger partial charge in [-0.1, -0.05) is 37.1 Å². The first kappa shape index (κ1) is 19.8. The Hall–Kier alpha value is -0.940. The van der Waals surface area contributed by atoms with Crippen molar-refractivity contribution in [3.8, 4) is 0 Å². The zero-order chi connectivity index (χ0) is 18.6. The molecule has 146 valence electrons. The fraction of sp³-hybridized carbons (Fsp3) is 0.727. The molecule has 0 bridgehead atoms. The van der Waals surface area contributed by atoms with Crippen molar-refractivity contribution in [2.45, 2.75) is 76.7 Å². The molecule has 0 spiro atoms. The summed E-state index contributed by atoms with van der Waals surface area (Å²) in [6, 6.07) is 9.26. The number of hydrogen-bond donors (Lipinski definition) is 2. The molecule has 0 unspecified atom stereocenters. The van der Waals surface area contributed by atoms with E-state index in [0.29, 0.717) is 6.04 Å². The fourth-order valence-corrected chi connectivity index (χ4v) is 4.29. The summed E-state index contributed by atoms with van der Waals surface area (Å²) in [7, 11) is 0. The van der Waals surface area contributed by atoms with Crippen molar-refractivity contribution < 1.29 is 10.2 Å². The fourth-order valence-electron chi connectivity index (χ4n) is 4.29. The van der Waals surface area contributed by atoms with Gasteiger partial charge in [-0.3, -0.25) is 9.80 Å². The normalized spacial score (nSPS) is 26.2. The molecule has 1 saturated carbocycles. The summed E-state index contributed by atoms with van der Waals surface area (Å²) in [5.74, 6) is 0. The van der Waals surface area contributed by atoms with Crippen molar-refractivity contribution >= 4 is 0 Å². The van der Waals surface area contributed by atoms with Crippen molar-refractivity contribution in [1.82, 2.24) is 9.80 Å². The van der Waals surface area contributed by atoms with Gasteiger partial charge in [-0.2, -0.15) is 0 Å². The Kier molecular flexibility index (Phi) is 6.73. The standard InChI is InChI=1S/C22H36N2O2/c1-22(2,26)12-11-18-7-9-19(10-8-18)17-23-13-15-24(16-14-23)20-5-3-4-6-21(20)25/h7-10,20-21,25-26H,3-6,11-17H2,1-2H3/t20-,21-/m1/s1. The molecule has 1 aromatic rings. The second-order valence-electron chi connectivity index (χ2n) is 8.86. The van der Waals surface area contributed by atoms with Crippen molar-refractivity contribution in [2.24, 2.45) is 0 Å². The lowest BCUT2D eigenvalue weighted by molar-refractivity contribution is -0.00472. The van der Waals surface area contributed by atoms with E-state index in [1.807, 2.05) is 13.8 Å². The Morgan fingerprint density at radius 3 is 2.19 bits per heavy atom. The van der Waals surface area contributed by atoms with Gasteiger partial charge in [-0.05, 0) is 50.7 Å². The Morgan fingerprint density at radius 1 is 0.962 bits per heavy atom. The van der Waals surface area contributed by atoms with Gasteiger partial charge in [0.05, 0.1) is 11.7 Å². The van der Waals surface area contributed by atoms with Crippen LogP contribution < -0.4 is 0 Å². The first-order chi connectivity index (χ1) is 12.4. The average molecular weight is 361 g/mol. The number of aliphatic hydroxyl groups is 2. The maximum Gasteiger partial charge on any atom is 0.0695 e. The predicted octanol–water partition coefficient (Wildman–Crippen LogP) is 2.81. The number of hydrogen-bond acceptors (Lipinski definition) is 4. The van der Waals surface area contributed by atoms with Crippen LogP contribution in [0.4, 0.5) is 0 Å². The van der Waals surface area contributed by atoms with Gasteiger partial charge < -0.3 is 10.2 Å². The summed E-state index contributed by atoms with van der Waals surface area (Å²) < 4.78 is 0. The highest BCUT2D eigenvalue weighted by molar-refractivity contribution is 5.23. The zero-order valence-corrected chi connectivity index (χ0v) is 16.5. The van der Waals surface area contributed by atoms with Crippen LogP contribution in [0.3, 0.4) is 0 Å². The van der Waals surface area contributed by atoms with Crippen LogP contribution >= 0.6 is 0 Å². The molecule has 1 saturated heterocycles. The van der Waals surface area contributed by atoms with E-state index < -0.39 is 5.60 Å². The summed E-state index contributed by atoms with van der Waals surface area (Å²) in [5.41, 5.74) is 2.07. The maximum absolute atomic E-state index is 10.3. The molecule has 2 atom stereocenters. The van der Waals surface area contributed by atoms with Crippen LogP contribution in [0.15, 0.2) is 24.3 Å². The second-order valence-corrected chi connectivity index (χ2v) is 8.86. The molecule has 2 fully saturated rings. The van der Waals surface area contributed by atoms with Crippen LogP contribution in [0.2, 0.25) is 0 Å². The van der Waals surface area contributed by atoms with Crippen LogP contribution in [0.5, 0.6) is 0 Å². The first-order valence-electron chi connectivity index (χ1n) is 10.4. The molecule has 2 N–H and O–H groups in total. The Morgan fingerprint density at radius 2 is 1.58 bits per heavy atom. The Labute approximate surface area is 158 Å². The second kappa shape index (κ2) is 8.83. The van der Waals surface area contributed by atoms with Crippen LogP contribution in [0.25, 0.3) is 0 Å². The van der Waals surface area contributed by atoms with E-state index in [4.69, 9.17) is 0 Å².